The number of benzene rings is 1. The van der Waals surface area contributed by atoms with Gasteiger partial charge < -0.3 is 5.73 Å². The van der Waals surface area contributed by atoms with Gasteiger partial charge in [0.2, 0.25) is 0 Å². The van der Waals surface area contributed by atoms with E-state index in [0.717, 1.165) is 18.4 Å². The fraction of sp³-hybridized carbons (Fsp3) is 0.500. The van der Waals surface area contributed by atoms with E-state index in [1.165, 1.54) is 18.1 Å². The van der Waals surface area contributed by atoms with Gasteiger partial charge in [-0.1, -0.05) is 12.5 Å². The Hall–Kier alpha value is -0.890. The number of rotatable bonds is 2. The van der Waals surface area contributed by atoms with Crippen LogP contribution in [0, 0.1) is 12.7 Å². The Morgan fingerprint density at radius 2 is 2.14 bits per heavy atom. The summed E-state index contributed by atoms with van der Waals surface area (Å²) in [7, 11) is 0. The molecular formula is C12H16FN. The normalized spacial score (nSPS) is 19.1. The maximum absolute atomic E-state index is 12.9. The van der Waals surface area contributed by atoms with Crippen molar-refractivity contribution in [2.75, 3.05) is 6.54 Å². The summed E-state index contributed by atoms with van der Waals surface area (Å²) in [6, 6.07) is 5.04. The van der Waals surface area contributed by atoms with Gasteiger partial charge >= 0.3 is 0 Å². The maximum Gasteiger partial charge on any atom is 0.123 e. The van der Waals surface area contributed by atoms with E-state index in [0.29, 0.717) is 6.54 Å². The van der Waals surface area contributed by atoms with Crippen LogP contribution in [0.2, 0.25) is 0 Å². The largest absolute Gasteiger partial charge is 0.330 e. The molecule has 0 radical (unpaired) electrons. The lowest BCUT2D eigenvalue weighted by Crippen LogP contribution is -2.42. The highest BCUT2D eigenvalue weighted by atomic mass is 19.1. The summed E-state index contributed by atoms with van der Waals surface area (Å²) in [6.07, 6.45) is 3.54. The van der Waals surface area contributed by atoms with Crippen molar-refractivity contribution in [2.45, 2.75) is 31.6 Å². The zero-order valence-corrected chi connectivity index (χ0v) is 8.52. The second-order valence-corrected chi connectivity index (χ2v) is 4.30. The smallest absolute Gasteiger partial charge is 0.123 e. The first-order chi connectivity index (χ1) is 6.68. The summed E-state index contributed by atoms with van der Waals surface area (Å²) >= 11 is 0. The fourth-order valence-corrected chi connectivity index (χ4v) is 2.41. The minimum atomic E-state index is -0.155. The molecule has 2 heteroatoms. The Labute approximate surface area is 84.1 Å². The number of nitrogens with two attached hydrogens (primary N) is 1. The molecule has 1 aromatic carbocycles. The minimum absolute atomic E-state index is 0.151. The van der Waals surface area contributed by atoms with Crippen molar-refractivity contribution in [3.8, 4) is 0 Å². The van der Waals surface area contributed by atoms with Gasteiger partial charge in [0, 0.05) is 12.0 Å². The number of aryl methyl sites for hydroxylation is 1. The quantitative estimate of drug-likeness (QED) is 0.767. The molecule has 1 aliphatic rings. The van der Waals surface area contributed by atoms with Crippen molar-refractivity contribution in [1.29, 1.82) is 0 Å². The van der Waals surface area contributed by atoms with E-state index >= 15 is 0 Å². The summed E-state index contributed by atoms with van der Waals surface area (Å²) in [5, 5.41) is 0. The molecule has 2 rings (SSSR count). The first-order valence-electron chi connectivity index (χ1n) is 5.15. The monoisotopic (exact) mass is 193 g/mol. The van der Waals surface area contributed by atoms with Gasteiger partial charge in [-0.2, -0.15) is 0 Å². The van der Waals surface area contributed by atoms with Crippen LogP contribution in [0.15, 0.2) is 18.2 Å². The average Bonchev–Trinajstić information content (AvgIpc) is 2.07. The summed E-state index contributed by atoms with van der Waals surface area (Å²) < 4.78 is 12.9. The van der Waals surface area contributed by atoms with E-state index in [1.54, 1.807) is 6.07 Å². The first-order valence-corrected chi connectivity index (χ1v) is 5.15. The molecule has 0 atom stereocenters. The molecular weight excluding hydrogens is 177 g/mol. The van der Waals surface area contributed by atoms with Gasteiger partial charge in [-0.3, -0.25) is 0 Å². The molecule has 0 bridgehead atoms. The molecule has 0 aromatic heterocycles. The molecule has 76 valence electrons. The third-order valence-corrected chi connectivity index (χ3v) is 3.46. The van der Waals surface area contributed by atoms with Crippen LogP contribution in [0.5, 0.6) is 0 Å². The third kappa shape index (κ3) is 1.34. The zero-order chi connectivity index (χ0) is 10.2. The topological polar surface area (TPSA) is 26.0 Å². The van der Waals surface area contributed by atoms with Gasteiger partial charge in [-0.15, -0.1) is 0 Å². The minimum Gasteiger partial charge on any atom is -0.330 e. The Kier molecular flexibility index (Phi) is 2.31. The van der Waals surface area contributed by atoms with Crippen LogP contribution in [0.3, 0.4) is 0 Å². The second kappa shape index (κ2) is 3.35. The lowest BCUT2D eigenvalue weighted by Gasteiger charge is -2.42. The Morgan fingerprint density at radius 3 is 2.57 bits per heavy atom. The van der Waals surface area contributed by atoms with Gasteiger partial charge in [0.05, 0.1) is 0 Å². The first kappa shape index (κ1) is 9.66. The van der Waals surface area contributed by atoms with Crippen molar-refractivity contribution < 1.29 is 4.39 Å². The number of hydrogen-bond acceptors (Lipinski definition) is 1. The van der Waals surface area contributed by atoms with Crippen LogP contribution in [-0.2, 0) is 5.41 Å². The van der Waals surface area contributed by atoms with E-state index in [-0.39, 0.29) is 11.2 Å². The molecule has 0 amide bonds. The van der Waals surface area contributed by atoms with Gasteiger partial charge in [-0.25, -0.2) is 4.39 Å². The molecule has 1 saturated carbocycles. The molecule has 0 unspecified atom stereocenters. The van der Waals surface area contributed by atoms with E-state index < -0.39 is 0 Å². The maximum atomic E-state index is 12.9. The average molecular weight is 193 g/mol. The summed E-state index contributed by atoms with van der Waals surface area (Å²) in [5.74, 6) is -0.155. The van der Waals surface area contributed by atoms with Gasteiger partial charge in [0.1, 0.15) is 5.82 Å². The summed E-state index contributed by atoms with van der Waals surface area (Å²) in [5.41, 5.74) is 8.24. The third-order valence-electron chi connectivity index (χ3n) is 3.46. The molecule has 1 aromatic rings. The Bertz CT molecular complexity index is 337. The zero-order valence-electron chi connectivity index (χ0n) is 8.52. The predicted octanol–water partition coefficient (Wildman–Crippen LogP) is 2.51. The Balaban J connectivity index is 2.40. The van der Waals surface area contributed by atoms with Gasteiger partial charge in [-0.05, 0) is 43.0 Å². The van der Waals surface area contributed by atoms with Crippen molar-refractivity contribution in [3.05, 3.63) is 35.1 Å². The van der Waals surface area contributed by atoms with Gasteiger partial charge in [0.15, 0.2) is 0 Å². The molecule has 14 heavy (non-hydrogen) atoms. The lowest BCUT2D eigenvalue weighted by atomic mass is 9.63. The lowest BCUT2D eigenvalue weighted by molar-refractivity contribution is 0.251. The van der Waals surface area contributed by atoms with Crippen molar-refractivity contribution in [2.24, 2.45) is 5.73 Å². The van der Waals surface area contributed by atoms with Crippen molar-refractivity contribution >= 4 is 0 Å². The SMILES string of the molecule is Cc1cc(F)ccc1C1(CN)CCC1. The van der Waals surface area contributed by atoms with Crippen LogP contribution in [-0.4, -0.2) is 6.54 Å². The van der Waals surface area contributed by atoms with Crippen molar-refractivity contribution in [3.63, 3.8) is 0 Å². The second-order valence-electron chi connectivity index (χ2n) is 4.30. The van der Waals surface area contributed by atoms with Crippen LogP contribution in [0.4, 0.5) is 4.39 Å². The molecule has 0 aliphatic heterocycles. The predicted molar refractivity (Wildman–Crippen MR) is 55.7 cm³/mol. The van der Waals surface area contributed by atoms with Gasteiger partial charge in [0.25, 0.3) is 0 Å². The highest BCUT2D eigenvalue weighted by molar-refractivity contribution is 5.36. The van der Waals surface area contributed by atoms with Crippen LogP contribution in [0.1, 0.15) is 30.4 Å². The Morgan fingerprint density at radius 1 is 1.43 bits per heavy atom. The molecule has 1 nitrogen and oxygen atoms in total. The summed E-state index contributed by atoms with van der Waals surface area (Å²) in [4.78, 5) is 0. The molecule has 0 spiro atoms. The van der Waals surface area contributed by atoms with Crippen molar-refractivity contribution in [1.82, 2.24) is 0 Å². The van der Waals surface area contributed by atoms with Crippen LogP contribution in [0.25, 0.3) is 0 Å². The van der Waals surface area contributed by atoms with E-state index in [1.807, 2.05) is 13.0 Å². The summed E-state index contributed by atoms with van der Waals surface area (Å²) in [6.45, 7) is 2.65. The van der Waals surface area contributed by atoms with E-state index in [4.69, 9.17) is 5.73 Å². The highest BCUT2D eigenvalue weighted by Gasteiger charge is 2.38. The van der Waals surface area contributed by atoms with Crippen LogP contribution >= 0.6 is 0 Å². The molecule has 2 N–H and O–H groups in total. The molecule has 1 aliphatic carbocycles. The fourth-order valence-electron chi connectivity index (χ4n) is 2.41. The number of halogens is 1. The van der Waals surface area contributed by atoms with Crippen LogP contribution < -0.4 is 5.73 Å². The highest BCUT2D eigenvalue weighted by Crippen LogP contribution is 2.43. The molecule has 0 saturated heterocycles. The standard InChI is InChI=1S/C12H16FN/c1-9-7-10(13)3-4-11(9)12(8-14)5-2-6-12/h3-4,7H,2,5-6,8,14H2,1H3. The van der Waals surface area contributed by atoms with E-state index in [2.05, 4.69) is 0 Å². The number of hydrogen-bond donors (Lipinski definition) is 1. The molecule has 1 fully saturated rings. The van der Waals surface area contributed by atoms with E-state index in [9.17, 15) is 4.39 Å². The molecule has 0 heterocycles.